The molecule has 2 aromatic rings. The van der Waals surface area contributed by atoms with Gasteiger partial charge in [0.15, 0.2) is 0 Å². The van der Waals surface area contributed by atoms with Gasteiger partial charge in [-0.3, -0.25) is 9.56 Å². The molecule has 0 fully saturated rings. The molecule has 0 radical (unpaired) electrons. The first kappa shape index (κ1) is 13.8. The monoisotopic (exact) mass is 277 g/mol. The third-order valence-corrected chi connectivity index (χ3v) is 3.89. The first-order chi connectivity index (χ1) is 9.27. The van der Waals surface area contributed by atoms with Crippen LogP contribution in [0.25, 0.3) is 5.69 Å². The van der Waals surface area contributed by atoms with Gasteiger partial charge in [-0.25, -0.2) is 8.75 Å². The zero-order chi connectivity index (χ0) is 13.7. The molecule has 0 saturated heterocycles. The second-order valence-corrected chi connectivity index (χ2v) is 5.18. The lowest BCUT2D eigenvalue weighted by molar-refractivity contribution is 0.588. The van der Waals surface area contributed by atoms with Gasteiger partial charge in [0.05, 0.1) is 5.69 Å². The molecule has 4 nitrogen and oxygen atoms in total. The molecule has 0 atom stereocenters. The Hall–Kier alpha value is -1.62. The number of unbranched alkanes of at least 4 members (excludes halogenated alkanes) is 1. The molecule has 0 aliphatic heterocycles. The number of aromatic nitrogens is 2. The minimum atomic E-state index is 0.0110. The Morgan fingerprint density at radius 3 is 2.58 bits per heavy atom. The predicted octanol–water partition coefficient (Wildman–Crippen LogP) is 2.42. The molecule has 102 valence electrons. The van der Waals surface area contributed by atoms with Crippen LogP contribution in [0.5, 0.6) is 0 Å². The van der Waals surface area contributed by atoms with Crippen LogP contribution in [0.4, 0.5) is 0 Å². The third kappa shape index (κ3) is 3.04. The summed E-state index contributed by atoms with van der Waals surface area (Å²) >= 11 is 1.41. The van der Waals surface area contributed by atoms with E-state index in [1.54, 1.807) is 8.52 Å². The fourth-order valence-electron chi connectivity index (χ4n) is 1.84. The highest BCUT2D eigenvalue weighted by Gasteiger charge is 2.09. The molecular formula is C14H19N3OS. The van der Waals surface area contributed by atoms with Crippen LogP contribution < -0.4 is 10.5 Å². The van der Waals surface area contributed by atoms with Crippen molar-refractivity contribution in [2.24, 2.45) is 4.99 Å². The van der Waals surface area contributed by atoms with E-state index in [9.17, 15) is 4.79 Å². The Labute approximate surface area is 116 Å². The lowest BCUT2D eigenvalue weighted by atomic mass is 10.3. The van der Waals surface area contributed by atoms with Crippen molar-refractivity contribution in [1.82, 2.24) is 8.52 Å². The zero-order valence-electron chi connectivity index (χ0n) is 11.4. The van der Waals surface area contributed by atoms with Gasteiger partial charge in [0, 0.05) is 13.1 Å². The van der Waals surface area contributed by atoms with E-state index in [0.717, 1.165) is 29.9 Å². The summed E-state index contributed by atoms with van der Waals surface area (Å²) in [6.45, 7) is 5.55. The normalized spacial score (nSPS) is 12.0. The maximum absolute atomic E-state index is 12.4. The van der Waals surface area contributed by atoms with Crippen molar-refractivity contribution in [2.75, 3.05) is 6.54 Å². The van der Waals surface area contributed by atoms with Gasteiger partial charge in [-0.1, -0.05) is 31.5 Å². The molecule has 2 rings (SSSR count). The van der Waals surface area contributed by atoms with E-state index in [1.807, 2.05) is 37.3 Å². The van der Waals surface area contributed by atoms with Crippen LogP contribution in [0.15, 0.2) is 40.1 Å². The van der Waals surface area contributed by atoms with Gasteiger partial charge in [0.2, 0.25) is 4.80 Å². The Balaban J connectivity index is 2.53. The minimum Gasteiger partial charge on any atom is -0.268 e. The molecule has 0 aliphatic carbocycles. The molecule has 19 heavy (non-hydrogen) atoms. The number of para-hydroxylation sites is 1. The molecule has 0 amide bonds. The minimum absolute atomic E-state index is 0.0110. The summed E-state index contributed by atoms with van der Waals surface area (Å²) in [5, 5.41) is 0. The second-order valence-electron chi connectivity index (χ2n) is 4.27. The quantitative estimate of drug-likeness (QED) is 0.827. The number of hydrogen-bond donors (Lipinski definition) is 0. The topological polar surface area (TPSA) is 39.3 Å². The van der Waals surface area contributed by atoms with Gasteiger partial charge in [0.25, 0.3) is 0 Å². The van der Waals surface area contributed by atoms with E-state index in [-0.39, 0.29) is 5.69 Å². The molecule has 0 aliphatic rings. The summed E-state index contributed by atoms with van der Waals surface area (Å²) in [4.78, 5) is 17.7. The largest absolute Gasteiger partial charge is 0.344 e. The SMILES string of the molecule is CCCCn1c(=NCC)sn(-c2ccccc2)c1=O. The predicted molar refractivity (Wildman–Crippen MR) is 78.9 cm³/mol. The summed E-state index contributed by atoms with van der Waals surface area (Å²) in [6.07, 6.45) is 2.07. The number of benzene rings is 1. The highest BCUT2D eigenvalue weighted by Crippen LogP contribution is 2.05. The first-order valence-corrected chi connectivity index (χ1v) is 7.44. The van der Waals surface area contributed by atoms with E-state index < -0.39 is 0 Å². The van der Waals surface area contributed by atoms with Crippen molar-refractivity contribution >= 4 is 11.5 Å². The molecule has 5 heteroatoms. The van der Waals surface area contributed by atoms with Crippen LogP contribution >= 0.6 is 11.5 Å². The highest BCUT2D eigenvalue weighted by molar-refractivity contribution is 7.03. The van der Waals surface area contributed by atoms with Crippen molar-refractivity contribution in [3.8, 4) is 5.69 Å². The molecule has 0 unspecified atom stereocenters. The Kier molecular flexibility index (Phi) is 4.74. The third-order valence-electron chi connectivity index (χ3n) is 2.83. The summed E-state index contributed by atoms with van der Waals surface area (Å²) in [5.74, 6) is 0. The van der Waals surface area contributed by atoms with Gasteiger partial charge in [-0.05, 0) is 37.0 Å². The average molecular weight is 277 g/mol. The Morgan fingerprint density at radius 1 is 1.21 bits per heavy atom. The first-order valence-electron chi connectivity index (χ1n) is 6.67. The average Bonchev–Trinajstić information content (AvgIpc) is 2.75. The van der Waals surface area contributed by atoms with Gasteiger partial charge in [-0.15, -0.1) is 0 Å². The highest BCUT2D eigenvalue weighted by atomic mass is 32.1. The fourth-order valence-corrected chi connectivity index (χ4v) is 2.87. The van der Waals surface area contributed by atoms with E-state index >= 15 is 0 Å². The standard InChI is InChI=1S/C14H19N3OS/c1-3-5-11-16-13(15-4-2)19-17(14(16)18)12-9-7-6-8-10-12/h6-10H,3-5,11H2,1-2H3. The number of nitrogens with zero attached hydrogens (tertiary/aromatic N) is 3. The number of rotatable bonds is 5. The van der Waals surface area contributed by atoms with Gasteiger partial charge in [-0.2, -0.15) is 0 Å². The molecule has 1 aromatic heterocycles. The van der Waals surface area contributed by atoms with Gasteiger partial charge in [0.1, 0.15) is 0 Å². The molecule has 0 spiro atoms. The number of hydrogen-bond acceptors (Lipinski definition) is 3. The smallest absolute Gasteiger partial charge is 0.268 e. The molecule has 1 aromatic carbocycles. The van der Waals surface area contributed by atoms with Crippen molar-refractivity contribution in [3.63, 3.8) is 0 Å². The zero-order valence-corrected chi connectivity index (χ0v) is 12.2. The van der Waals surface area contributed by atoms with Crippen molar-refractivity contribution in [1.29, 1.82) is 0 Å². The van der Waals surface area contributed by atoms with E-state index in [1.165, 1.54) is 11.5 Å². The van der Waals surface area contributed by atoms with Crippen molar-refractivity contribution < 1.29 is 0 Å². The Bertz CT molecular complexity index is 637. The molecule has 0 bridgehead atoms. The van der Waals surface area contributed by atoms with Crippen LogP contribution in [0.1, 0.15) is 26.7 Å². The second kappa shape index (κ2) is 6.52. The maximum atomic E-state index is 12.4. The van der Waals surface area contributed by atoms with Gasteiger partial charge < -0.3 is 0 Å². The molecule has 0 saturated carbocycles. The van der Waals surface area contributed by atoms with E-state index in [2.05, 4.69) is 11.9 Å². The van der Waals surface area contributed by atoms with Crippen LogP contribution in [-0.4, -0.2) is 15.1 Å². The fraction of sp³-hybridized carbons (Fsp3) is 0.429. The summed E-state index contributed by atoms with van der Waals surface area (Å²) < 4.78 is 3.49. The van der Waals surface area contributed by atoms with Crippen molar-refractivity contribution in [3.05, 3.63) is 45.6 Å². The van der Waals surface area contributed by atoms with Crippen LogP contribution in [0, 0.1) is 0 Å². The van der Waals surface area contributed by atoms with Crippen LogP contribution in [0.3, 0.4) is 0 Å². The lowest BCUT2D eigenvalue weighted by Gasteiger charge is -1.99. The van der Waals surface area contributed by atoms with Crippen molar-refractivity contribution in [2.45, 2.75) is 33.2 Å². The van der Waals surface area contributed by atoms with Crippen LogP contribution in [-0.2, 0) is 6.54 Å². The molecule has 0 N–H and O–H groups in total. The van der Waals surface area contributed by atoms with Crippen LogP contribution in [0.2, 0.25) is 0 Å². The summed E-state index contributed by atoms with van der Waals surface area (Å²) in [5.41, 5.74) is 0.914. The van der Waals surface area contributed by atoms with E-state index in [4.69, 9.17) is 0 Å². The van der Waals surface area contributed by atoms with Gasteiger partial charge >= 0.3 is 5.69 Å². The maximum Gasteiger partial charge on any atom is 0.344 e. The molecule has 1 heterocycles. The Morgan fingerprint density at radius 2 is 1.95 bits per heavy atom. The summed E-state index contributed by atoms with van der Waals surface area (Å²) in [7, 11) is 0. The van der Waals surface area contributed by atoms with E-state index in [0.29, 0.717) is 6.54 Å². The molecular weight excluding hydrogens is 258 g/mol. The summed E-state index contributed by atoms with van der Waals surface area (Å²) in [6, 6.07) is 9.71. The lowest BCUT2D eigenvalue weighted by Crippen LogP contribution is -2.29.